The third-order valence-electron chi connectivity index (χ3n) is 5.73. The molecular weight excluding hydrogens is 511 g/mol. The van der Waals surface area contributed by atoms with Crippen molar-refractivity contribution in [3.05, 3.63) is 105 Å². The molecule has 190 valence electrons. The van der Waals surface area contributed by atoms with Crippen LogP contribution in [0.1, 0.15) is 35.6 Å². The molecule has 3 rings (SSSR count). The van der Waals surface area contributed by atoms with Crippen LogP contribution >= 0.6 is 35.0 Å². The maximum Gasteiger partial charge on any atom is 0.243 e. The van der Waals surface area contributed by atoms with Crippen molar-refractivity contribution in [3.63, 3.8) is 0 Å². The fourth-order valence-corrected chi connectivity index (χ4v) is 5.07. The van der Waals surface area contributed by atoms with Crippen molar-refractivity contribution >= 4 is 46.8 Å². The normalized spacial score (nSPS) is 11.7. The van der Waals surface area contributed by atoms with E-state index >= 15 is 0 Å². The predicted molar refractivity (Wildman–Crippen MR) is 152 cm³/mol. The van der Waals surface area contributed by atoms with Gasteiger partial charge in [0.25, 0.3) is 0 Å². The van der Waals surface area contributed by atoms with Crippen molar-refractivity contribution < 1.29 is 9.59 Å². The molecule has 1 N–H and O–H groups in total. The first kappa shape index (κ1) is 28.1. The van der Waals surface area contributed by atoms with Gasteiger partial charge in [0.2, 0.25) is 11.8 Å². The van der Waals surface area contributed by atoms with E-state index in [9.17, 15) is 9.59 Å². The molecule has 0 unspecified atom stereocenters. The van der Waals surface area contributed by atoms with Crippen LogP contribution in [-0.4, -0.2) is 35.1 Å². The topological polar surface area (TPSA) is 49.4 Å². The lowest BCUT2D eigenvalue weighted by Gasteiger charge is -2.31. The Kier molecular flexibility index (Phi) is 11.2. The molecule has 0 spiro atoms. The van der Waals surface area contributed by atoms with Gasteiger partial charge in [-0.15, -0.1) is 11.8 Å². The maximum absolute atomic E-state index is 13.6. The van der Waals surface area contributed by atoms with Crippen LogP contribution in [0.3, 0.4) is 0 Å². The van der Waals surface area contributed by atoms with Crippen molar-refractivity contribution in [2.24, 2.45) is 0 Å². The molecule has 36 heavy (non-hydrogen) atoms. The highest BCUT2D eigenvalue weighted by molar-refractivity contribution is 7.99. The molecule has 3 aromatic carbocycles. The van der Waals surface area contributed by atoms with E-state index in [0.29, 0.717) is 35.3 Å². The average Bonchev–Trinajstić information content (AvgIpc) is 2.87. The Morgan fingerprint density at radius 2 is 1.67 bits per heavy atom. The fraction of sp³-hybridized carbons (Fsp3) is 0.310. The molecule has 0 bridgehead atoms. The number of hydrogen-bond donors (Lipinski definition) is 1. The van der Waals surface area contributed by atoms with Gasteiger partial charge >= 0.3 is 0 Å². The molecule has 4 nitrogen and oxygen atoms in total. The van der Waals surface area contributed by atoms with E-state index in [4.69, 9.17) is 23.2 Å². The van der Waals surface area contributed by atoms with Crippen LogP contribution in [0.15, 0.2) is 72.8 Å². The van der Waals surface area contributed by atoms with Gasteiger partial charge in [-0.3, -0.25) is 9.59 Å². The molecule has 0 heterocycles. The third kappa shape index (κ3) is 8.58. The largest absolute Gasteiger partial charge is 0.354 e. The molecule has 1 atom stereocenters. The number of nitrogens with zero attached hydrogens (tertiary/aromatic N) is 1. The second kappa shape index (κ2) is 14.3. The highest BCUT2D eigenvalue weighted by Crippen LogP contribution is 2.25. The first-order valence-corrected chi connectivity index (χ1v) is 14.0. The first-order chi connectivity index (χ1) is 17.4. The number of amides is 2. The lowest BCUT2D eigenvalue weighted by atomic mass is 10.0. The summed E-state index contributed by atoms with van der Waals surface area (Å²) in [6, 6.07) is 22.8. The Morgan fingerprint density at radius 1 is 0.917 bits per heavy atom. The van der Waals surface area contributed by atoms with E-state index < -0.39 is 6.04 Å². The van der Waals surface area contributed by atoms with Gasteiger partial charge in [0, 0.05) is 25.3 Å². The number of carbonyl (C=O) groups is 2. The van der Waals surface area contributed by atoms with Crippen molar-refractivity contribution in [1.82, 2.24) is 10.2 Å². The molecular formula is C29H32Cl2N2O2S. The molecule has 0 fully saturated rings. The van der Waals surface area contributed by atoms with E-state index in [1.807, 2.05) is 74.5 Å². The molecule has 0 aliphatic heterocycles. The van der Waals surface area contributed by atoms with E-state index in [1.165, 1.54) is 11.8 Å². The summed E-state index contributed by atoms with van der Waals surface area (Å²) in [7, 11) is 0. The highest BCUT2D eigenvalue weighted by Gasteiger charge is 2.30. The monoisotopic (exact) mass is 542 g/mol. The van der Waals surface area contributed by atoms with Crippen molar-refractivity contribution in [2.45, 2.75) is 45.0 Å². The van der Waals surface area contributed by atoms with Crippen LogP contribution in [0.25, 0.3) is 0 Å². The number of nitrogens with one attached hydrogen (secondary N) is 1. The zero-order valence-electron chi connectivity index (χ0n) is 20.7. The van der Waals surface area contributed by atoms with Gasteiger partial charge in [-0.05, 0) is 42.2 Å². The number of thioether (sulfide) groups is 1. The van der Waals surface area contributed by atoms with Gasteiger partial charge in [0.05, 0.1) is 15.8 Å². The van der Waals surface area contributed by atoms with E-state index in [1.54, 1.807) is 11.0 Å². The number of halogens is 2. The predicted octanol–water partition coefficient (Wildman–Crippen LogP) is 6.70. The SMILES string of the molecule is CCCNC(=O)[C@@H](Cc1ccccc1)N(Cc1cccc(C)c1)C(=O)CSCc1ccc(Cl)c(Cl)c1. The summed E-state index contributed by atoms with van der Waals surface area (Å²) >= 11 is 13.7. The number of rotatable bonds is 12. The molecule has 0 radical (unpaired) electrons. The molecule has 2 amide bonds. The van der Waals surface area contributed by atoms with Crippen molar-refractivity contribution in [3.8, 4) is 0 Å². The second-order valence-corrected chi connectivity index (χ2v) is 10.5. The summed E-state index contributed by atoms with van der Waals surface area (Å²) in [5.74, 6) is 0.662. The third-order valence-corrected chi connectivity index (χ3v) is 7.46. The fourth-order valence-electron chi connectivity index (χ4n) is 3.90. The minimum absolute atomic E-state index is 0.0749. The summed E-state index contributed by atoms with van der Waals surface area (Å²) in [6.07, 6.45) is 1.28. The van der Waals surface area contributed by atoms with Crippen LogP contribution in [0.4, 0.5) is 0 Å². The van der Waals surface area contributed by atoms with E-state index in [-0.39, 0.29) is 17.6 Å². The summed E-state index contributed by atoms with van der Waals surface area (Å²) in [4.78, 5) is 28.7. The molecule has 3 aromatic rings. The van der Waals surface area contributed by atoms with Crippen LogP contribution in [-0.2, 0) is 28.3 Å². The first-order valence-electron chi connectivity index (χ1n) is 12.1. The summed E-state index contributed by atoms with van der Waals surface area (Å²) in [5, 5.41) is 4.02. The summed E-state index contributed by atoms with van der Waals surface area (Å²) in [6.45, 7) is 4.98. The van der Waals surface area contributed by atoms with Gasteiger partial charge in [0.1, 0.15) is 6.04 Å². The van der Waals surface area contributed by atoms with Crippen LogP contribution in [0.2, 0.25) is 10.0 Å². The maximum atomic E-state index is 13.6. The average molecular weight is 544 g/mol. The van der Waals surface area contributed by atoms with Gasteiger partial charge in [-0.2, -0.15) is 0 Å². The zero-order chi connectivity index (χ0) is 25.9. The number of hydrogen-bond acceptors (Lipinski definition) is 3. The second-order valence-electron chi connectivity index (χ2n) is 8.75. The van der Waals surface area contributed by atoms with Gasteiger partial charge < -0.3 is 10.2 Å². The van der Waals surface area contributed by atoms with Crippen LogP contribution in [0.5, 0.6) is 0 Å². The zero-order valence-corrected chi connectivity index (χ0v) is 23.0. The molecule has 7 heteroatoms. The number of carbonyl (C=O) groups excluding carboxylic acids is 2. The van der Waals surface area contributed by atoms with Crippen molar-refractivity contribution in [1.29, 1.82) is 0 Å². The minimum atomic E-state index is -0.613. The Labute approximate surface area is 228 Å². The van der Waals surface area contributed by atoms with Crippen LogP contribution < -0.4 is 5.32 Å². The molecule has 0 saturated heterocycles. The van der Waals surface area contributed by atoms with Gasteiger partial charge in [0.15, 0.2) is 0 Å². The Balaban J connectivity index is 1.83. The lowest BCUT2D eigenvalue weighted by Crippen LogP contribution is -2.51. The Morgan fingerprint density at radius 3 is 2.36 bits per heavy atom. The minimum Gasteiger partial charge on any atom is -0.354 e. The quantitative estimate of drug-likeness (QED) is 0.277. The Hall–Kier alpha value is -2.47. The van der Waals surface area contributed by atoms with Gasteiger partial charge in [-0.1, -0.05) is 96.4 Å². The van der Waals surface area contributed by atoms with E-state index in [2.05, 4.69) is 11.4 Å². The lowest BCUT2D eigenvalue weighted by molar-refractivity contribution is -0.139. The Bertz CT molecular complexity index is 1160. The van der Waals surface area contributed by atoms with Gasteiger partial charge in [-0.25, -0.2) is 0 Å². The molecule has 0 aliphatic rings. The molecule has 0 aliphatic carbocycles. The smallest absolute Gasteiger partial charge is 0.243 e. The van der Waals surface area contributed by atoms with Crippen LogP contribution in [0, 0.1) is 6.92 Å². The van der Waals surface area contributed by atoms with E-state index in [0.717, 1.165) is 28.7 Å². The standard InChI is InChI=1S/C29H32Cl2N2O2S/c1-3-14-32-29(35)27(17-22-9-5-4-6-10-22)33(18-23-11-7-8-21(2)15-23)28(34)20-36-19-24-12-13-25(30)26(31)16-24/h4-13,15-16,27H,3,14,17-20H2,1-2H3,(H,32,35)/t27-/m1/s1. The van der Waals surface area contributed by atoms with Crippen molar-refractivity contribution in [2.75, 3.05) is 12.3 Å². The number of benzene rings is 3. The summed E-state index contributed by atoms with van der Waals surface area (Å²) < 4.78 is 0. The summed E-state index contributed by atoms with van der Waals surface area (Å²) in [5.41, 5.74) is 4.12. The number of aryl methyl sites for hydroxylation is 1. The molecule has 0 saturated carbocycles. The highest BCUT2D eigenvalue weighted by atomic mass is 35.5. The molecule has 0 aromatic heterocycles.